The number of phenols is 1. The highest BCUT2D eigenvalue weighted by Gasteiger charge is 2.17. The predicted octanol–water partition coefficient (Wildman–Crippen LogP) is 2.15. The molecule has 1 aromatic carbocycles. The number of carboxylic acids is 1. The lowest BCUT2D eigenvalue weighted by atomic mass is 10.1. The van der Waals surface area contributed by atoms with E-state index in [0.717, 1.165) is 0 Å². The van der Waals surface area contributed by atoms with Crippen LogP contribution in [0.25, 0.3) is 11.3 Å². The number of rotatable bonds is 5. The molecule has 0 amide bonds. The van der Waals surface area contributed by atoms with Gasteiger partial charge in [0.15, 0.2) is 11.5 Å². The molecule has 0 unspecified atom stereocenters. The zero-order valence-corrected chi connectivity index (χ0v) is 10.9. The van der Waals surface area contributed by atoms with Gasteiger partial charge >= 0.3 is 5.97 Å². The summed E-state index contributed by atoms with van der Waals surface area (Å²) in [4.78, 5) is 10.8. The van der Waals surface area contributed by atoms with Gasteiger partial charge in [0.25, 0.3) is 0 Å². The molecule has 2 aromatic rings. The van der Waals surface area contributed by atoms with Gasteiger partial charge in [-0.15, -0.1) is 0 Å². The highest BCUT2D eigenvalue weighted by molar-refractivity contribution is 5.86. The average Bonchev–Trinajstić information content (AvgIpc) is 2.88. The van der Waals surface area contributed by atoms with E-state index in [9.17, 15) is 9.90 Å². The summed E-state index contributed by atoms with van der Waals surface area (Å²) in [6.07, 6.45) is 0. The lowest BCUT2D eigenvalue weighted by Gasteiger charge is -2.11. The molecule has 0 spiro atoms. The molecule has 0 aliphatic rings. The normalized spacial score (nSPS) is 10.3. The third kappa shape index (κ3) is 2.51. The minimum atomic E-state index is -1.22. The summed E-state index contributed by atoms with van der Waals surface area (Å²) >= 11 is 0. The standard InChI is InChI=1S/C13H13NO6/c1-3-19-10-5-7(4-9(15)12(10)18-2)8-6-11(13(16)17)20-14-8/h4-6,15H,3H2,1-2H3,(H,16,17). The first-order valence-corrected chi connectivity index (χ1v) is 5.81. The van der Waals surface area contributed by atoms with Gasteiger partial charge in [0.05, 0.1) is 13.7 Å². The molecule has 2 N–H and O–H groups in total. The fourth-order valence-corrected chi connectivity index (χ4v) is 1.72. The van der Waals surface area contributed by atoms with E-state index in [1.807, 2.05) is 0 Å². The quantitative estimate of drug-likeness (QED) is 0.864. The van der Waals surface area contributed by atoms with Gasteiger partial charge in [-0.05, 0) is 19.1 Å². The fourth-order valence-electron chi connectivity index (χ4n) is 1.72. The molecule has 2 rings (SSSR count). The number of hydrogen-bond acceptors (Lipinski definition) is 6. The van der Waals surface area contributed by atoms with Crippen molar-refractivity contribution in [3.63, 3.8) is 0 Å². The number of aromatic hydroxyl groups is 1. The number of aromatic nitrogens is 1. The number of ether oxygens (including phenoxy) is 2. The van der Waals surface area contributed by atoms with Crippen molar-refractivity contribution in [2.75, 3.05) is 13.7 Å². The van der Waals surface area contributed by atoms with Crippen molar-refractivity contribution in [1.29, 1.82) is 0 Å². The highest BCUT2D eigenvalue weighted by atomic mass is 16.5. The molecule has 0 aliphatic heterocycles. The second kappa shape index (κ2) is 5.52. The molecule has 0 bridgehead atoms. The zero-order chi connectivity index (χ0) is 14.7. The van der Waals surface area contributed by atoms with Crippen molar-refractivity contribution in [1.82, 2.24) is 5.16 Å². The largest absolute Gasteiger partial charge is 0.504 e. The maximum atomic E-state index is 10.8. The van der Waals surface area contributed by atoms with Crippen LogP contribution in [-0.4, -0.2) is 35.1 Å². The fraction of sp³-hybridized carbons (Fsp3) is 0.231. The van der Waals surface area contributed by atoms with E-state index in [4.69, 9.17) is 14.6 Å². The SMILES string of the molecule is CCOc1cc(-c2cc(C(=O)O)on2)cc(O)c1OC. The van der Waals surface area contributed by atoms with Crippen molar-refractivity contribution in [2.24, 2.45) is 0 Å². The van der Waals surface area contributed by atoms with Gasteiger partial charge in [-0.3, -0.25) is 0 Å². The van der Waals surface area contributed by atoms with Crippen LogP contribution in [0.3, 0.4) is 0 Å². The summed E-state index contributed by atoms with van der Waals surface area (Å²) < 4.78 is 15.1. The van der Waals surface area contributed by atoms with Crippen LogP contribution in [0, 0.1) is 0 Å². The minimum Gasteiger partial charge on any atom is -0.504 e. The van der Waals surface area contributed by atoms with E-state index in [0.29, 0.717) is 17.9 Å². The van der Waals surface area contributed by atoms with E-state index in [1.54, 1.807) is 13.0 Å². The summed E-state index contributed by atoms with van der Waals surface area (Å²) in [6.45, 7) is 2.18. The van der Waals surface area contributed by atoms with Crippen molar-refractivity contribution in [3.8, 4) is 28.5 Å². The second-order valence-electron chi connectivity index (χ2n) is 3.84. The van der Waals surface area contributed by atoms with Crippen LogP contribution in [0.2, 0.25) is 0 Å². The van der Waals surface area contributed by atoms with Crippen molar-refractivity contribution >= 4 is 5.97 Å². The monoisotopic (exact) mass is 279 g/mol. The molecule has 106 valence electrons. The molecular formula is C13H13NO6. The van der Waals surface area contributed by atoms with E-state index in [2.05, 4.69) is 9.68 Å². The summed E-state index contributed by atoms with van der Waals surface area (Å²) in [5.74, 6) is -1.09. The van der Waals surface area contributed by atoms with Crippen LogP contribution in [-0.2, 0) is 0 Å². The molecule has 7 heteroatoms. The first-order chi connectivity index (χ1) is 9.56. The minimum absolute atomic E-state index is 0.131. The number of benzene rings is 1. The number of hydrogen-bond donors (Lipinski definition) is 2. The van der Waals surface area contributed by atoms with Crippen LogP contribution in [0.1, 0.15) is 17.5 Å². The number of methoxy groups -OCH3 is 1. The predicted molar refractivity (Wildman–Crippen MR) is 68.3 cm³/mol. The zero-order valence-electron chi connectivity index (χ0n) is 10.9. The number of carboxylic acid groups (broad SMARTS) is 1. The van der Waals surface area contributed by atoms with E-state index in [-0.39, 0.29) is 23.0 Å². The van der Waals surface area contributed by atoms with Crippen LogP contribution in [0.15, 0.2) is 22.7 Å². The Kier molecular flexibility index (Phi) is 3.79. The van der Waals surface area contributed by atoms with Gasteiger partial charge in [-0.2, -0.15) is 0 Å². The maximum absolute atomic E-state index is 10.8. The van der Waals surface area contributed by atoms with Crippen molar-refractivity contribution < 1.29 is 29.0 Å². The Morgan fingerprint density at radius 1 is 1.40 bits per heavy atom. The van der Waals surface area contributed by atoms with E-state index >= 15 is 0 Å². The molecule has 0 saturated carbocycles. The Bertz CT molecular complexity index is 634. The van der Waals surface area contributed by atoms with Gasteiger partial charge in [-0.1, -0.05) is 5.16 Å². The number of carbonyl (C=O) groups is 1. The van der Waals surface area contributed by atoms with Gasteiger partial charge < -0.3 is 24.2 Å². The summed E-state index contributed by atoms with van der Waals surface area (Å²) in [5, 5.41) is 22.3. The van der Waals surface area contributed by atoms with Gasteiger partial charge in [0.1, 0.15) is 5.69 Å². The Hall–Kier alpha value is -2.70. The summed E-state index contributed by atoms with van der Waals surface area (Å²) in [7, 11) is 1.41. The average molecular weight is 279 g/mol. The molecule has 0 aliphatic carbocycles. The molecule has 0 radical (unpaired) electrons. The second-order valence-corrected chi connectivity index (χ2v) is 3.84. The third-order valence-electron chi connectivity index (χ3n) is 2.56. The van der Waals surface area contributed by atoms with Gasteiger partial charge in [-0.25, -0.2) is 4.79 Å². The topological polar surface area (TPSA) is 102 Å². The highest BCUT2D eigenvalue weighted by Crippen LogP contribution is 2.40. The Morgan fingerprint density at radius 3 is 2.70 bits per heavy atom. The maximum Gasteiger partial charge on any atom is 0.374 e. The molecular weight excluding hydrogens is 266 g/mol. The number of phenolic OH excluding ortho intramolecular Hbond substituents is 1. The van der Waals surface area contributed by atoms with Crippen LogP contribution in [0.4, 0.5) is 0 Å². The first-order valence-electron chi connectivity index (χ1n) is 5.81. The molecule has 7 nitrogen and oxygen atoms in total. The first kappa shape index (κ1) is 13.7. The molecule has 1 aromatic heterocycles. The lowest BCUT2D eigenvalue weighted by molar-refractivity contribution is 0.0652. The molecule has 0 atom stereocenters. The molecule has 0 saturated heterocycles. The number of aromatic carboxylic acids is 1. The molecule has 1 heterocycles. The molecule has 0 fully saturated rings. The smallest absolute Gasteiger partial charge is 0.374 e. The van der Waals surface area contributed by atoms with Crippen molar-refractivity contribution in [3.05, 3.63) is 24.0 Å². The van der Waals surface area contributed by atoms with Crippen LogP contribution in [0.5, 0.6) is 17.2 Å². The molecule has 20 heavy (non-hydrogen) atoms. The van der Waals surface area contributed by atoms with Crippen LogP contribution < -0.4 is 9.47 Å². The van der Waals surface area contributed by atoms with Crippen LogP contribution >= 0.6 is 0 Å². The van der Waals surface area contributed by atoms with E-state index in [1.165, 1.54) is 19.2 Å². The van der Waals surface area contributed by atoms with Crippen molar-refractivity contribution in [2.45, 2.75) is 6.92 Å². The Balaban J connectivity index is 2.48. The number of nitrogens with zero attached hydrogens (tertiary/aromatic N) is 1. The van der Waals surface area contributed by atoms with Gasteiger partial charge in [0, 0.05) is 11.6 Å². The summed E-state index contributed by atoms with van der Waals surface area (Å²) in [6, 6.07) is 4.25. The van der Waals surface area contributed by atoms with E-state index < -0.39 is 5.97 Å². The Labute approximate surface area is 114 Å². The Morgan fingerprint density at radius 2 is 2.15 bits per heavy atom. The van der Waals surface area contributed by atoms with Gasteiger partial charge in [0.2, 0.25) is 11.5 Å². The summed E-state index contributed by atoms with van der Waals surface area (Å²) in [5.41, 5.74) is 0.740. The lowest BCUT2D eigenvalue weighted by Crippen LogP contribution is -1.96. The third-order valence-corrected chi connectivity index (χ3v) is 2.56.